The van der Waals surface area contributed by atoms with Crippen molar-refractivity contribution in [3.8, 4) is 5.06 Å². The largest absolute Gasteiger partial charge is 0.454 e. The van der Waals surface area contributed by atoms with Crippen LogP contribution in [-0.4, -0.2) is 51.7 Å². The second-order valence-electron chi connectivity index (χ2n) is 4.92. The molecule has 0 bridgehead atoms. The molecular weight excluding hydrogens is 348 g/mol. The number of amides is 2. The number of hydrogen-bond donors (Lipinski definition) is 1. The van der Waals surface area contributed by atoms with Crippen LogP contribution in [0.15, 0.2) is 12.1 Å². The van der Waals surface area contributed by atoms with Crippen molar-refractivity contribution in [3.63, 3.8) is 0 Å². The van der Waals surface area contributed by atoms with Crippen LogP contribution in [0.25, 0.3) is 0 Å². The van der Waals surface area contributed by atoms with Crippen LogP contribution >= 0.6 is 22.9 Å². The molecule has 6 nitrogen and oxygen atoms in total. The van der Waals surface area contributed by atoms with Gasteiger partial charge in [0.15, 0.2) is 5.06 Å². The molecule has 2 atom stereocenters. The molecule has 1 aliphatic rings. The third-order valence-corrected chi connectivity index (χ3v) is 5.17. The standard InChI is InChI=1S/C13H17ClN2O4S2/c1-9(17)16-7-6-15-13(12(16)18,5-8-22(2)19)20-11-4-3-10(14)21-11/h3-4,15H,5-8H2,1-2H3/t13-,22?/m0/s1. The fourth-order valence-corrected chi connectivity index (χ4v) is 3.72. The Morgan fingerprint density at radius 1 is 1.59 bits per heavy atom. The molecule has 1 N–H and O–H groups in total. The molecule has 0 spiro atoms. The number of halogens is 1. The van der Waals surface area contributed by atoms with E-state index in [1.807, 2.05) is 0 Å². The highest BCUT2D eigenvalue weighted by atomic mass is 35.5. The molecule has 1 aliphatic heterocycles. The van der Waals surface area contributed by atoms with Gasteiger partial charge in [0.2, 0.25) is 11.6 Å². The fourth-order valence-electron chi connectivity index (χ4n) is 2.20. The maximum atomic E-state index is 12.7. The SMILES string of the molecule is CC(=O)N1CCN[C@@](CCS(C)=O)(Oc2ccc(Cl)s2)C1=O. The van der Waals surface area contributed by atoms with E-state index in [2.05, 4.69) is 5.32 Å². The Labute approximate surface area is 140 Å². The summed E-state index contributed by atoms with van der Waals surface area (Å²) in [4.78, 5) is 25.5. The zero-order valence-corrected chi connectivity index (χ0v) is 14.6. The Balaban J connectivity index is 2.29. The summed E-state index contributed by atoms with van der Waals surface area (Å²) < 4.78 is 17.8. The first-order valence-electron chi connectivity index (χ1n) is 6.66. The summed E-state index contributed by atoms with van der Waals surface area (Å²) in [7, 11) is -1.08. The lowest BCUT2D eigenvalue weighted by atomic mass is 10.1. The van der Waals surface area contributed by atoms with Crippen molar-refractivity contribution in [2.75, 3.05) is 25.1 Å². The van der Waals surface area contributed by atoms with Crippen molar-refractivity contribution >= 4 is 45.6 Å². The predicted octanol–water partition coefficient (Wildman–Crippen LogP) is 1.22. The fraction of sp³-hybridized carbons (Fsp3) is 0.538. The van der Waals surface area contributed by atoms with Crippen molar-refractivity contribution in [3.05, 3.63) is 16.5 Å². The quantitative estimate of drug-likeness (QED) is 0.850. The number of carbonyl (C=O) groups excluding carboxylic acids is 2. The van der Waals surface area contributed by atoms with Gasteiger partial charge in [0.25, 0.3) is 5.91 Å². The van der Waals surface area contributed by atoms with Gasteiger partial charge in [-0.05, 0) is 12.1 Å². The summed E-state index contributed by atoms with van der Waals surface area (Å²) >= 11 is 7.08. The van der Waals surface area contributed by atoms with Crippen LogP contribution in [0.3, 0.4) is 0 Å². The normalized spacial score (nSPS) is 23.4. The van der Waals surface area contributed by atoms with E-state index in [0.717, 1.165) is 4.90 Å². The predicted molar refractivity (Wildman–Crippen MR) is 86.6 cm³/mol. The van der Waals surface area contributed by atoms with Crippen LogP contribution in [0.4, 0.5) is 0 Å². The summed E-state index contributed by atoms with van der Waals surface area (Å²) in [5.74, 6) is -0.508. The Kier molecular flexibility index (Phi) is 5.60. The first kappa shape index (κ1) is 17.4. The molecular formula is C13H17ClN2O4S2. The van der Waals surface area contributed by atoms with Gasteiger partial charge in [0.1, 0.15) is 0 Å². The average Bonchev–Trinajstić information content (AvgIpc) is 2.84. The molecule has 2 rings (SSSR count). The van der Waals surface area contributed by atoms with Crippen LogP contribution in [-0.2, 0) is 20.4 Å². The maximum Gasteiger partial charge on any atom is 0.289 e. The van der Waals surface area contributed by atoms with E-state index in [9.17, 15) is 13.8 Å². The lowest BCUT2D eigenvalue weighted by Crippen LogP contribution is -2.68. The first-order valence-corrected chi connectivity index (χ1v) is 9.58. The molecule has 1 fully saturated rings. The minimum Gasteiger partial charge on any atom is -0.454 e. The molecule has 0 radical (unpaired) electrons. The molecule has 0 aliphatic carbocycles. The highest BCUT2D eigenvalue weighted by Gasteiger charge is 2.47. The van der Waals surface area contributed by atoms with Crippen LogP contribution in [0.2, 0.25) is 4.34 Å². The van der Waals surface area contributed by atoms with Crippen molar-refractivity contribution in [1.82, 2.24) is 10.2 Å². The molecule has 22 heavy (non-hydrogen) atoms. The zero-order chi connectivity index (χ0) is 16.3. The van der Waals surface area contributed by atoms with Crippen molar-refractivity contribution in [1.29, 1.82) is 0 Å². The average molecular weight is 365 g/mol. The number of imide groups is 1. The highest BCUT2D eigenvalue weighted by Crippen LogP contribution is 2.33. The summed E-state index contributed by atoms with van der Waals surface area (Å²) in [5.41, 5.74) is -1.39. The van der Waals surface area contributed by atoms with Gasteiger partial charge < -0.3 is 4.74 Å². The minimum absolute atomic E-state index is 0.203. The second-order valence-corrected chi connectivity index (χ2v) is 8.15. The van der Waals surface area contributed by atoms with E-state index >= 15 is 0 Å². The molecule has 1 saturated heterocycles. The van der Waals surface area contributed by atoms with Gasteiger partial charge in [-0.15, -0.1) is 0 Å². The van der Waals surface area contributed by atoms with Gasteiger partial charge in [0, 0.05) is 49.2 Å². The van der Waals surface area contributed by atoms with E-state index in [1.54, 1.807) is 18.4 Å². The van der Waals surface area contributed by atoms with E-state index in [4.69, 9.17) is 16.3 Å². The molecule has 1 unspecified atom stereocenters. The van der Waals surface area contributed by atoms with Crippen molar-refractivity contribution in [2.45, 2.75) is 19.1 Å². The number of piperazine rings is 1. The van der Waals surface area contributed by atoms with E-state index in [1.165, 1.54) is 18.3 Å². The Hall–Kier alpha value is -0.960. The van der Waals surface area contributed by atoms with E-state index < -0.39 is 22.4 Å². The number of thiophene rings is 1. The number of nitrogens with one attached hydrogen (secondary N) is 1. The lowest BCUT2D eigenvalue weighted by Gasteiger charge is -2.40. The van der Waals surface area contributed by atoms with Gasteiger partial charge in [-0.1, -0.05) is 22.9 Å². The van der Waals surface area contributed by atoms with Crippen LogP contribution < -0.4 is 10.1 Å². The summed E-state index contributed by atoms with van der Waals surface area (Å²) in [6.07, 6.45) is 1.76. The molecule has 122 valence electrons. The zero-order valence-electron chi connectivity index (χ0n) is 12.3. The number of rotatable bonds is 5. The first-order chi connectivity index (χ1) is 10.3. The Morgan fingerprint density at radius 3 is 2.86 bits per heavy atom. The lowest BCUT2D eigenvalue weighted by molar-refractivity contribution is -0.162. The maximum absolute atomic E-state index is 12.7. The van der Waals surface area contributed by atoms with Crippen LogP contribution in [0.5, 0.6) is 5.06 Å². The third-order valence-electron chi connectivity index (χ3n) is 3.28. The smallest absolute Gasteiger partial charge is 0.289 e. The Bertz CT molecular complexity index is 607. The number of carbonyl (C=O) groups is 2. The number of hydrogen-bond acceptors (Lipinski definition) is 6. The Morgan fingerprint density at radius 2 is 2.32 bits per heavy atom. The summed E-state index contributed by atoms with van der Waals surface area (Å²) in [5, 5.41) is 3.51. The van der Waals surface area contributed by atoms with Crippen LogP contribution in [0, 0.1) is 0 Å². The van der Waals surface area contributed by atoms with Crippen LogP contribution in [0.1, 0.15) is 13.3 Å². The highest BCUT2D eigenvalue weighted by molar-refractivity contribution is 7.84. The van der Waals surface area contributed by atoms with Crippen molar-refractivity contribution in [2.24, 2.45) is 0 Å². The van der Waals surface area contributed by atoms with Gasteiger partial charge in [0.05, 0.1) is 4.34 Å². The second kappa shape index (κ2) is 7.08. The van der Waals surface area contributed by atoms with E-state index in [0.29, 0.717) is 22.5 Å². The topological polar surface area (TPSA) is 75.7 Å². The van der Waals surface area contributed by atoms with Gasteiger partial charge in [-0.25, -0.2) is 0 Å². The molecule has 1 aromatic rings. The molecule has 0 aromatic carbocycles. The number of nitrogens with zero attached hydrogens (tertiary/aromatic N) is 1. The molecule has 2 amide bonds. The van der Waals surface area contributed by atoms with Gasteiger partial charge >= 0.3 is 0 Å². The summed E-state index contributed by atoms with van der Waals surface area (Å²) in [6.45, 7) is 2.05. The summed E-state index contributed by atoms with van der Waals surface area (Å²) in [6, 6.07) is 3.34. The number of ether oxygens (including phenoxy) is 1. The third kappa shape index (κ3) is 3.87. The molecule has 0 saturated carbocycles. The molecule has 9 heteroatoms. The van der Waals surface area contributed by atoms with E-state index in [-0.39, 0.29) is 18.1 Å². The monoisotopic (exact) mass is 364 g/mol. The van der Waals surface area contributed by atoms with Gasteiger partial charge in [-0.3, -0.25) is 24.0 Å². The van der Waals surface area contributed by atoms with Gasteiger partial charge in [-0.2, -0.15) is 0 Å². The minimum atomic E-state index is -1.39. The molecule has 2 heterocycles. The molecule has 1 aromatic heterocycles. The van der Waals surface area contributed by atoms with Crippen molar-refractivity contribution < 1.29 is 18.5 Å².